The van der Waals surface area contributed by atoms with Gasteiger partial charge in [-0.1, -0.05) is 39.7 Å². The molecular formula is C14H26N2. The molecular weight excluding hydrogens is 196 g/mol. The highest BCUT2D eigenvalue weighted by atomic mass is 15.3. The fourth-order valence-electron chi connectivity index (χ4n) is 2.90. The van der Waals surface area contributed by atoms with E-state index < -0.39 is 0 Å². The number of allylic oxidation sites excluding steroid dienone is 2. The highest BCUT2D eigenvalue weighted by Crippen LogP contribution is 2.44. The molecule has 1 saturated carbocycles. The zero-order valence-corrected chi connectivity index (χ0v) is 11.4. The lowest BCUT2D eigenvalue weighted by Crippen LogP contribution is -2.32. The Morgan fingerprint density at radius 3 is 2.69 bits per heavy atom. The Morgan fingerprint density at radius 2 is 2.12 bits per heavy atom. The number of nitrogens with one attached hydrogen (secondary N) is 1. The van der Waals surface area contributed by atoms with Crippen LogP contribution in [0.5, 0.6) is 0 Å². The molecule has 0 radical (unpaired) electrons. The predicted molar refractivity (Wildman–Crippen MR) is 71.6 cm³/mol. The molecule has 2 heteroatoms. The molecule has 16 heavy (non-hydrogen) atoms. The fourth-order valence-corrected chi connectivity index (χ4v) is 2.90. The molecule has 0 heterocycles. The number of rotatable bonds is 3. The first-order valence-electron chi connectivity index (χ1n) is 6.36. The molecule has 0 spiro atoms. The SMILES string of the molecule is CNN=C(C)/C=C/C1C(C)CCCC1(C)C. The topological polar surface area (TPSA) is 24.4 Å². The average molecular weight is 222 g/mol. The van der Waals surface area contributed by atoms with Crippen molar-refractivity contribution in [3.05, 3.63) is 12.2 Å². The van der Waals surface area contributed by atoms with Gasteiger partial charge in [-0.05, 0) is 36.7 Å². The van der Waals surface area contributed by atoms with Gasteiger partial charge in [0.25, 0.3) is 0 Å². The standard InChI is InChI=1S/C14H26N2/c1-11-7-6-10-14(3,4)13(11)9-8-12(2)16-15-5/h8-9,11,13,15H,6-7,10H2,1-5H3/b9-8+,16-12?. The van der Waals surface area contributed by atoms with Gasteiger partial charge >= 0.3 is 0 Å². The second-order valence-corrected chi connectivity index (χ2v) is 5.72. The molecule has 0 aromatic carbocycles. The minimum Gasteiger partial charge on any atom is -0.313 e. The Balaban J connectivity index is 2.73. The predicted octanol–water partition coefficient (Wildman–Crippen LogP) is 3.60. The molecule has 2 unspecified atom stereocenters. The molecule has 0 bridgehead atoms. The van der Waals surface area contributed by atoms with Gasteiger partial charge < -0.3 is 5.43 Å². The third-order valence-electron chi connectivity index (χ3n) is 3.83. The van der Waals surface area contributed by atoms with Crippen LogP contribution in [0.2, 0.25) is 0 Å². The number of hydrogen-bond acceptors (Lipinski definition) is 2. The molecule has 1 aliphatic rings. The maximum atomic E-state index is 4.16. The van der Waals surface area contributed by atoms with Crippen LogP contribution in [0.15, 0.2) is 17.3 Å². The summed E-state index contributed by atoms with van der Waals surface area (Å²) in [4.78, 5) is 0. The molecule has 2 nitrogen and oxygen atoms in total. The maximum Gasteiger partial charge on any atom is 0.0568 e. The largest absolute Gasteiger partial charge is 0.313 e. The van der Waals surface area contributed by atoms with Crippen LogP contribution in [-0.4, -0.2) is 12.8 Å². The van der Waals surface area contributed by atoms with Crippen molar-refractivity contribution >= 4 is 5.71 Å². The molecule has 1 N–H and O–H groups in total. The molecule has 1 rings (SSSR count). The lowest BCUT2D eigenvalue weighted by Gasteiger charge is -2.41. The van der Waals surface area contributed by atoms with Gasteiger partial charge in [0.1, 0.15) is 0 Å². The highest BCUT2D eigenvalue weighted by Gasteiger charge is 2.34. The zero-order chi connectivity index (χ0) is 12.2. The van der Waals surface area contributed by atoms with E-state index >= 15 is 0 Å². The molecule has 0 aliphatic heterocycles. The molecule has 0 aromatic rings. The normalized spacial score (nSPS) is 30.7. The van der Waals surface area contributed by atoms with Gasteiger partial charge in [0.15, 0.2) is 0 Å². The first kappa shape index (κ1) is 13.3. The van der Waals surface area contributed by atoms with Crippen LogP contribution in [0.1, 0.15) is 47.0 Å². The van der Waals surface area contributed by atoms with Crippen molar-refractivity contribution in [1.82, 2.24) is 5.43 Å². The van der Waals surface area contributed by atoms with E-state index in [2.05, 4.69) is 43.5 Å². The summed E-state index contributed by atoms with van der Waals surface area (Å²) >= 11 is 0. The van der Waals surface area contributed by atoms with Crippen LogP contribution in [0.4, 0.5) is 0 Å². The average Bonchev–Trinajstić information content (AvgIpc) is 2.16. The zero-order valence-electron chi connectivity index (χ0n) is 11.4. The van der Waals surface area contributed by atoms with Gasteiger partial charge in [0.05, 0.1) is 5.71 Å². The van der Waals surface area contributed by atoms with E-state index in [9.17, 15) is 0 Å². The lowest BCUT2D eigenvalue weighted by atomic mass is 9.64. The Morgan fingerprint density at radius 1 is 1.44 bits per heavy atom. The molecule has 1 aliphatic carbocycles. The van der Waals surface area contributed by atoms with E-state index in [0.717, 1.165) is 11.6 Å². The van der Waals surface area contributed by atoms with Gasteiger partial charge in [-0.25, -0.2) is 0 Å². The van der Waals surface area contributed by atoms with Crippen molar-refractivity contribution < 1.29 is 0 Å². The van der Waals surface area contributed by atoms with Crippen LogP contribution in [0, 0.1) is 17.3 Å². The molecule has 0 amide bonds. The summed E-state index contributed by atoms with van der Waals surface area (Å²) in [5, 5.41) is 4.16. The summed E-state index contributed by atoms with van der Waals surface area (Å²) in [5.74, 6) is 1.48. The molecule has 0 aromatic heterocycles. The molecule has 1 fully saturated rings. The summed E-state index contributed by atoms with van der Waals surface area (Å²) in [6.07, 6.45) is 8.60. The van der Waals surface area contributed by atoms with Crippen LogP contribution >= 0.6 is 0 Å². The summed E-state index contributed by atoms with van der Waals surface area (Å²) < 4.78 is 0. The molecule has 92 valence electrons. The first-order valence-corrected chi connectivity index (χ1v) is 6.36. The Bertz CT molecular complexity index is 276. The van der Waals surface area contributed by atoms with Crippen LogP contribution in [0.25, 0.3) is 0 Å². The van der Waals surface area contributed by atoms with Crippen molar-refractivity contribution in [2.24, 2.45) is 22.4 Å². The number of hydrogen-bond donors (Lipinski definition) is 1. The van der Waals surface area contributed by atoms with Gasteiger partial charge in [0.2, 0.25) is 0 Å². The Kier molecular flexibility index (Phi) is 4.57. The quantitative estimate of drug-likeness (QED) is 0.572. The van der Waals surface area contributed by atoms with E-state index in [1.807, 2.05) is 14.0 Å². The number of hydrazone groups is 1. The molecule has 0 saturated heterocycles. The molecule has 2 atom stereocenters. The van der Waals surface area contributed by atoms with Gasteiger partial charge in [0, 0.05) is 7.05 Å². The van der Waals surface area contributed by atoms with Crippen LogP contribution in [0.3, 0.4) is 0 Å². The third kappa shape index (κ3) is 3.36. The van der Waals surface area contributed by atoms with Crippen molar-refractivity contribution in [3.8, 4) is 0 Å². The van der Waals surface area contributed by atoms with Crippen LogP contribution < -0.4 is 5.43 Å². The van der Waals surface area contributed by atoms with E-state index in [4.69, 9.17) is 0 Å². The highest BCUT2D eigenvalue weighted by molar-refractivity contribution is 5.92. The maximum absolute atomic E-state index is 4.16. The summed E-state index contributed by atoms with van der Waals surface area (Å²) in [7, 11) is 1.84. The van der Waals surface area contributed by atoms with Crippen molar-refractivity contribution in [2.45, 2.75) is 47.0 Å². The van der Waals surface area contributed by atoms with E-state index in [-0.39, 0.29) is 0 Å². The van der Waals surface area contributed by atoms with Crippen molar-refractivity contribution in [1.29, 1.82) is 0 Å². The summed E-state index contributed by atoms with van der Waals surface area (Å²) in [6, 6.07) is 0. The van der Waals surface area contributed by atoms with Crippen LogP contribution in [-0.2, 0) is 0 Å². The third-order valence-corrected chi connectivity index (χ3v) is 3.83. The van der Waals surface area contributed by atoms with Gasteiger partial charge in [-0.3, -0.25) is 0 Å². The second kappa shape index (κ2) is 5.51. The minimum absolute atomic E-state index is 0.439. The first-order chi connectivity index (χ1) is 7.47. The van der Waals surface area contributed by atoms with E-state index in [1.54, 1.807) is 0 Å². The van der Waals surface area contributed by atoms with E-state index in [1.165, 1.54) is 19.3 Å². The monoisotopic (exact) mass is 222 g/mol. The lowest BCUT2D eigenvalue weighted by molar-refractivity contribution is 0.123. The Hall–Kier alpha value is -0.790. The van der Waals surface area contributed by atoms with Gasteiger partial charge in [-0.2, -0.15) is 5.10 Å². The second-order valence-electron chi connectivity index (χ2n) is 5.72. The van der Waals surface area contributed by atoms with E-state index in [0.29, 0.717) is 11.3 Å². The Labute approximate surface area is 100 Å². The van der Waals surface area contributed by atoms with Gasteiger partial charge in [-0.15, -0.1) is 0 Å². The smallest absolute Gasteiger partial charge is 0.0568 e. The fraction of sp³-hybridized carbons (Fsp3) is 0.786. The van der Waals surface area contributed by atoms with Crippen molar-refractivity contribution in [3.63, 3.8) is 0 Å². The minimum atomic E-state index is 0.439. The number of nitrogens with zero attached hydrogens (tertiary/aromatic N) is 1. The van der Waals surface area contributed by atoms with Crippen molar-refractivity contribution in [2.75, 3.05) is 7.05 Å². The summed E-state index contributed by atoms with van der Waals surface area (Å²) in [6.45, 7) is 9.19. The summed E-state index contributed by atoms with van der Waals surface area (Å²) in [5.41, 5.74) is 4.31.